The monoisotopic (exact) mass is 209 g/mol. The minimum atomic E-state index is -0.307. The van der Waals surface area contributed by atoms with E-state index in [1.165, 1.54) is 7.11 Å². The second-order valence-corrected chi connectivity index (χ2v) is 3.13. The molecule has 1 aromatic rings. The number of carbonyl (C=O) groups is 1. The molecule has 0 fully saturated rings. The van der Waals surface area contributed by atoms with Crippen molar-refractivity contribution in [2.24, 2.45) is 0 Å². The van der Waals surface area contributed by atoms with E-state index in [4.69, 9.17) is 4.74 Å². The third kappa shape index (κ3) is 3.16. The van der Waals surface area contributed by atoms with Gasteiger partial charge >= 0.3 is 5.97 Å². The summed E-state index contributed by atoms with van der Waals surface area (Å²) >= 11 is 0. The first kappa shape index (κ1) is 11.4. The van der Waals surface area contributed by atoms with E-state index in [1.807, 2.05) is 25.1 Å². The molecular weight excluding hydrogens is 194 g/mol. The fourth-order valence-electron chi connectivity index (χ4n) is 1.20. The Morgan fingerprint density at radius 3 is 2.73 bits per heavy atom. The van der Waals surface area contributed by atoms with Crippen molar-refractivity contribution in [2.45, 2.75) is 6.92 Å². The lowest BCUT2D eigenvalue weighted by molar-refractivity contribution is -0.138. The molecular formula is C11H15NO3. The SMILES string of the molecule is COC(=O)CNc1cc(C)ccc1OC. The molecule has 1 aromatic carbocycles. The van der Waals surface area contributed by atoms with Crippen molar-refractivity contribution in [3.05, 3.63) is 23.8 Å². The summed E-state index contributed by atoms with van der Waals surface area (Å²) in [6.07, 6.45) is 0. The number of hydrogen-bond donors (Lipinski definition) is 1. The molecule has 82 valence electrons. The third-order valence-corrected chi connectivity index (χ3v) is 2.01. The summed E-state index contributed by atoms with van der Waals surface area (Å²) in [6, 6.07) is 5.72. The van der Waals surface area contributed by atoms with Gasteiger partial charge < -0.3 is 14.8 Å². The standard InChI is InChI=1S/C11H15NO3/c1-8-4-5-10(14-2)9(6-8)12-7-11(13)15-3/h4-6,12H,7H2,1-3H3. The molecule has 0 aliphatic carbocycles. The fraction of sp³-hybridized carbons (Fsp3) is 0.364. The van der Waals surface area contributed by atoms with E-state index in [2.05, 4.69) is 10.1 Å². The van der Waals surface area contributed by atoms with Gasteiger partial charge in [-0.3, -0.25) is 4.79 Å². The van der Waals surface area contributed by atoms with Crippen molar-refractivity contribution >= 4 is 11.7 Å². The topological polar surface area (TPSA) is 47.6 Å². The zero-order valence-electron chi connectivity index (χ0n) is 9.16. The zero-order valence-corrected chi connectivity index (χ0v) is 9.16. The number of methoxy groups -OCH3 is 2. The highest BCUT2D eigenvalue weighted by atomic mass is 16.5. The largest absolute Gasteiger partial charge is 0.495 e. The zero-order chi connectivity index (χ0) is 11.3. The lowest BCUT2D eigenvalue weighted by Crippen LogP contribution is -2.15. The number of anilines is 1. The van der Waals surface area contributed by atoms with Crippen LogP contribution in [0.25, 0.3) is 0 Å². The Bertz CT molecular complexity index is 350. The maximum atomic E-state index is 10.9. The van der Waals surface area contributed by atoms with Gasteiger partial charge in [0, 0.05) is 0 Å². The number of carbonyl (C=O) groups excluding carboxylic acids is 1. The van der Waals surface area contributed by atoms with Gasteiger partial charge in [0.15, 0.2) is 0 Å². The van der Waals surface area contributed by atoms with E-state index >= 15 is 0 Å². The van der Waals surface area contributed by atoms with Gasteiger partial charge in [0.25, 0.3) is 0 Å². The molecule has 1 N–H and O–H groups in total. The number of nitrogens with one attached hydrogen (secondary N) is 1. The number of rotatable bonds is 4. The second-order valence-electron chi connectivity index (χ2n) is 3.13. The van der Waals surface area contributed by atoms with Gasteiger partial charge in [0.1, 0.15) is 12.3 Å². The van der Waals surface area contributed by atoms with Crippen LogP contribution in [0.4, 0.5) is 5.69 Å². The van der Waals surface area contributed by atoms with Gasteiger partial charge in [-0.05, 0) is 24.6 Å². The van der Waals surface area contributed by atoms with E-state index in [0.29, 0.717) is 5.75 Å². The first-order valence-electron chi connectivity index (χ1n) is 4.62. The van der Waals surface area contributed by atoms with Gasteiger partial charge in [0.2, 0.25) is 0 Å². The van der Waals surface area contributed by atoms with Crippen molar-refractivity contribution in [3.63, 3.8) is 0 Å². The van der Waals surface area contributed by atoms with Crippen molar-refractivity contribution in [2.75, 3.05) is 26.1 Å². The number of aryl methyl sites for hydroxylation is 1. The molecule has 0 heterocycles. The molecule has 0 amide bonds. The van der Waals surface area contributed by atoms with Gasteiger partial charge in [-0.15, -0.1) is 0 Å². The van der Waals surface area contributed by atoms with Crippen LogP contribution in [-0.2, 0) is 9.53 Å². The fourth-order valence-corrected chi connectivity index (χ4v) is 1.20. The smallest absolute Gasteiger partial charge is 0.325 e. The normalized spacial score (nSPS) is 9.53. The van der Waals surface area contributed by atoms with Gasteiger partial charge in [0.05, 0.1) is 19.9 Å². The molecule has 0 unspecified atom stereocenters. The Balaban J connectivity index is 2.74. The van der Waals surface area contributed by atoms with Crippen LogP contribution in [0.3, 0.4) is 0 Å². The molecule has 0 saturated heterocycles. The molecule has 0 aliphatic heterocycles. The molecule has 4 nitrogen and oxygen atoms in total. The van der Waals surface area contributed by atoms with Gasteiger partial charge in [-0.25, -0.2) is 0 Å². The highest BCUT2D eigenvalue weighted by Crippen LogP contribution is 2.24. The Morgan fingerprint density at radius 2 is 2.13 bits per heavy atom. The Kier molecular flexibility index (Phi) is 3.97. The molecule has 15 heavy (non-hydrogen) atoms. The minimum Gasteiger partial charge on any atom is -0.495 e. The average molecular weight is 209 g/mol. The summed E-state index contributed by atoms with van der Waals surface area (Å²) in [6.45, 7) is 2.11. The predicted octanol–water partition coefficient (Wildman–Crippen LogP) is 1.59. The van der Waals surface area contributed by atoms with E-state index < -0.39 is 0 Å². The van der Waals surface area contributed by atoms with Gasteiger partial charge in [-0.1, -0.05) is 6.07 Å². The van der Waals surface area contributed by atoms with E-state index in [9.17, 15) is 4.79 Å². The van der Waals surface area contributed by atoms with Crippen molar-refractivity contribution in [1.29, 1.82) is 0 Å². The van der Waals surface area contributed by atoms with Crippen LogP contribution >= 0.6 is 0 Å². The van der Waals surface area contributed by atoms with Crippen LogP contribution in [0.2, 0.25) is 0 Å². The van der Waals surface area contributed by atoms with Crippen LogP contribution in [-0.4, -0.2) is 26.7 Å². The molecule has 0 bridgehead atoms. The summed E-state index contributed by atoms with van der Waals surface area (Å²) in [7, 11) is 2.95. The quantitative estimate of drug-likeness (QED) is 0.765. The molecule has 0 spiro atoms. The van der Waals surface area contributed by atoms with Gasteiger partial charge in [-0.2, -0.15) is 0 Å². The van der Waals surface area contributed by atoms with Crippen LogP contribution < -0.4 is 10.1 Å². The Morgan fingerprint density at radius 1 is 1.40 bits per heavy atom. The number of hydrogen-bond acceptors (Lipinski definition) is 4. The van der Waals surface area contributed by atoms with Crippen molar-refractivity contribution in [3.8, 4) is 5.75 Å². The lowest BCUT2D eigenvalue weighted by atomic mass is 10.2. The summed E-state index contributed by atoms with van der Waals surface area (Å²) in [5.74, 6) is 0.406. The third-order valence-electron chi connectivity index (χ3n) is 2.01. The molecule has 1 rings (SSSR count). The van der Waals surface area contributed by atoms with Crippen LogP contribution in [0.5, 0.6) is 5.75 Å². The second kappa shape index (κ2) is 5.24. The van der Waals surface area contributed by atoms with Crippen molar-refractivity contribution in [1.82, 2.24) is 0 Å². The maximum Gasteiger partial charge on any atom is 0.325 e. The van der Waals surface area contributed by atoms with Crippen molar-refractivity contribution < 1.29 is 14.3 Å². The molecule has 0 atom stereocenters. The lowest BCUT2D eigenvalue weighted by Gasteiger charge is -2.10. The average Bonchev–Trinajstić information content (AvgIpc) is 2.26. The van der Waals surface area contributed by atoms with Crippen LogP contribution in [0.15, 0.2) is 18.2 Å². The number of benzene rings is 1. The summed E-state index contributed by atoms with van der Waals surface area (Å²) in [4.78, 5) is 10.9. The highest BCUT2D eigenvalue weighted by Gasteiger charge is 2.05. The molecule has 0 saturated carbocycles. The highest BCUT2D eigenvalue weighted by molar-refractivity contribution is 5.75. The predicted molar refractivity (Wildman–Crippen MR) is 58.2 cm³/mol. The summed E-state index contributed by atoms with van der Waals surface area (Å²) in [5.41, 5.74) is 1.89. The van der Waals surface area contributed by atoms with E-state index in [-0.39, 0.29) is 12.5 Å². The van der Waals surface area contributed by atoms with E-state index in [0.717, 1.165) is 11.3 Å². The molecule has 4 heteroatoms. The van der Waals surface area contributed by atoms with E-state index in [1.54, 1.807) is 7.11 Å². The number of ether oxygens (including phenoxy) is 2. The summed E-state index contributed by atoms with van der Waals surface area (Å²) < 4.78 is 9.69. The molecule has 0 aliphatic rings. The Hall–Kier alpha value is -1.71. The minimum absolute atomic E-state index is 0.135. The first-order chi connectivity index (χ1) is 7.17. The molecule has 0 radical (unpaired) electrons. The Labute approximate surface area is 89.2 Å². The first-order valence-corrected chi connectivity index (χ1v) is 4.62. The maximum absolute atomic E-state index is 10.9. The van der Waals surface area contributed by atoms with Crippen LogP contribution in [0.1, 0.15) is 5.56 Å². The number of esters is 1. The molecule has 0 aromatic heterocycles. The summed E-state index contributed by atoms with van der Waals surface area (Å²) in [5, 5.41) is 2.96. The van der Waals surface area contributed by atoms with Crippen LogP contribution in [0, 0.1) is 6.92 Å².